The van der Waals surface area contributed by atoms with E-state index in [1.165, 1.54) is 18.4 Å². The molecule has 1 saturated heterocycles. The van der Waals surface area contributed by atoms with Gasteiger partial charge >= 0.3 is 0 Å². The Morgan fingerprint density at radius 2 is 2.33 bits per heavy atom. The Balaban J connectivity index is 2.03. The normalized spacial score (nSPS) is 17.9. The molecule has 21 heavy (non-hydrogen) atoms. The van der Waals surface area contributed by atoms with E-state index in [9.17, 15) is 0 Å². The Morgan fingerprint density at radius 3 is 2.95 bits per heavy atom. The van der Waals surface area contributed by atoms with Crippen LogP contribution in [0.5, 0.6) is 5.75 Å². The molecule has 1 atom stereocenters. The minimum absolute atomic E-state index is 0.598. The molecule has 2 rings (SSSR count). The highest BCUT2D eigenvalue weighted by Gasteiger charge is 2.18. The molecular formula is C17H25N3O. The number of ether oxygens (including phenoxy) is 1. The second kappa shape index (κ2) is 8.02. The molecule has 1 aromatic carbocycles. The van der Waals surface area contributed by atoms with Crippen molar-refractivity contribution < 1.29 is 4.74 Å². The highest BCUT2D eigenvalue weighted by Crippen LogP contribution is 2.20. The van der Waals surface area contributed by atoms with Gasteiger partial charge in [0.1, 0.15) is 11.8 Å². The predicted molar refractivity (Wildman–Crippen MR) is 84.3 cm³/mol. The van der Waals surface area contributed by atoms with Gasteiger partial charge in [0.2, 0.25) is 0 Å². The van der Waals surface area contributed by atoms with Crippen molar-refractivity contribution in [3.8, 4) is 11.8 Å². The van der Waals surface area contributed by atoms with Gasteiger partial charge in [-0.2, -0.15) is 5.26 Å². The maximum Gasteiger partial charge on any atom is 0.136 e. The van der Waals surface area contributed by atoms with Crippen molar-refractivity contribution in [2.45, 2.75) is 38.8 Å². The van der Waals surface area contributed by atoms with Gasteiger partial charge in [0, 0.05) is 19.1 Å². The van der Waals surface area contributed by atoms with Gasteiger partial charge in [-0.15, -0.1) is 0 Å². The summed E-state index contributed by atoms with van der Waals surface area (Å²) in [5.41, 5.74) is 1.80. The molecule has 4 heteroatoms. The number of rotatable bonds is 7. The molecule has 1 aliphatic heterocycles. The van der Waals surface area contributed by atoms with Gasteiger partial charge < -0.3 is 10.1 Å². The van der Waals surface area contributed by atoms with E-state index < -0.39 is 0 Å². The zero-order chi connectivity index (χ0) is 15.1. The quantitative estimate of drug-likeness (QED) is 0.837. The first-order chi connectivity index (χ1) is 10.3. The topological polar surface area (TPSA) is 48.3 Å². The summed E-state index contributed by atoms with van der Waals surface area (Å²) >= 11 is 0. The van der Waals surface area contributed by atoms with Gasteiger partial charge in [-0.25, -0.2) is 0 Å². The van der Waals surface area contributed by atoms with Crippen molar-refractivity contribution in [1.82, 2.24) is 10.2 Å². The van der Waals surface area contributed by atoms with E-state index in [1.54, 1.807) is 7.11 Å². The fraction of sp³-hybridized carbons (Fsp3) is 0.588. The van der Waals surface area contributed by atoms with Gasteiger partial charge in [0.05, 0.1) is 12.7 Å². The fourth-order valence-corrected chi connectivity index (χ4v) is 2.96. The maximum atomic E-state index is 9.05. The van der Waals surface area contributed by atoms with Crippen LogP contribution in [0.15, 0.2) is 18.2 Å². The van der Waals surface area contributed by atoms with Crippen LogP contribution in [0.1, 0.15) is 37.3 Å². The third-order valence-electron chi connectivity index (χ3n) is 3.97. The van der Waals surface area contributed by atoms with Crippen LogP contribution in [0.2, 0.25) is 0 Å². The lowest BCUT2D eigenvalue weighted by atomic mass is 10.1. The number of nitrogens with zero attached hydrogens (tertiary/aromatic N) is 2. The van der Waals surface area contributed by atoms with Crippen LogP contribution in [0.25, 0.3) is 0 Å². The van der Waals surface area contributed by atoms with E-state index in [2.05, 4.69) is 23.2 Å². The van der Waals surface area contributed by atoms with Crippen molar-refractivity contribution in [3.05, 3.63) is 29.3 Å². The van der Waals surface area contributed by atoms with Crippen LogP contribution >= 0.6 is 0 Å². The van der Waals surface area contributed by atoms with Crippen LogP contribution in [-0.4, -0.2) is 37.7 Å². The van der Waals surface area contributed by atoms with Crippen LogP contribution in [0.4, 0.5) is 0 Å². The first-order valence-corrected chi connectivity index (χ1v) is 7.79. The smallest absolute Gasteiger partial charge is 0.136 e. The Kier molecular flexibility index (Phi) is 6.04. The molecule has 0 amide bonds. The molecule has 4 nitrogen and oxygen atoms in total. The maximum absolute atomic E-state index is 9.05. The molecule has 114 valence electrons. The molecule has 1 aromatic rings. The van der Waals surface area contributed by atoms with Crippen LogP contribution in [-0.2, 0) is 6.54 Å². The van der Waals surface area contributed by atoms with Gasteiger partial charge in [-0.05, 0) is 50.0 Å². The molecule has 0 radical (unpaired) electrons. The molecule has 0 spiro atoms. The Bertz CT molecular complexity index is 489. The molecule has 1 unspecified atom stereocenters. The van der Waals surface area contributed by atoms with Crippen LogP contribution in [0.3, 0.4) is 0 Å². The fourth-order valence-electron chi connectivity index (χ4n) is 2.96. The number of nitrogens with one attached hydrogen (secondary N) is 1. The van der Waals surface area contributed by atoms with Gasteiger partial charge in [0.25, 0.3) is 0 Å². The lowest BCUT2D eigenvalue weighted by Crippen LogP contribution is -2.37. The SMILES string of the molecule is CCCN(Cc1ccc(C#N)c(OC)c1)CC1CCCN1. The van der Waals surface area contributed by atoms with E-state index in [4.69, 9.17) is 10.00 Å². The van der Waals surface area contributed by atoms with E-state index in [-0.39, 0.29) is 0 Å². The summed E-state index contributed by atoms with van der Waals surface area (Å²) in [5.74, 6) is 0.672. The number of hydrogen-bond donors (Lipinski definition) is 1. The molecule has 0 bridgehead atoms. The average Bonchev–Trinajstić information content (AvgIpc) is 3.00. The molecule has 1 fully saturated rings. The largest absolute Gasteiger partial charge is 0.495 e. The molecular weight excluding hydrogens is 262 g/mol. The van der Waals surface area contributed by atoms with E-state index in [1.807, 2.05) is 18.2 Å². The number of benzene rings is 1. The highest BCUT2D eigenvalue weighted by molar-refractivity contribution is 5.45. The van der Waals surface area contributed by atoms with Gasteiger partial charge in [0.15, 0.2) is 0 Å². The second-order valence-electron chi connectivity index (χ2n) is 5.67. The summed E-state index contributed by atoms with van der Waals surface area (Å²) in [7, 11) is 1.62. The Morgan fingerprint density at radius 1 is 1.48 bits per heavy atom. The summed E-state index contributed by atoms with van der Waals surface area (Å²) in [6, 6.07) is 8.66. The molecule has 0 aromatic heterocycles. The standard InChI is InChI=1S/C17H25N3O/c1-3-9-20(13-16-5-4-8-19-16)12-14-6-7-15(11-18)17(10-14)21-2/h6-7,10,16,19H,3-5,8-9,12-13H2,1-2H3. The van der Waals surface area contributed by atoms with Crippen molar-refractivity contribution in [2.24, 2.45) is 0 Å². The van der Waals surface area contributed by atoms with E-state index in [0.29, 0.717) is 17.4 Å². The highest BCUT2D eigenvalue weighted by atomic mass is 16.5. The monoisotopic (exact) mass is 287 g/mol. The van der Waals surface area contributed by atoms with E-state index in [0.717, 1.165) is 32.6 Å². The molecule has 1 heterocycles. The van der Waals surface area contributed by atoms with Crippen molar-refractivity contribution in [3.63, 3.8) is 0 Å². The summed E-state index contributed by atoms with van der Waals surface area (Å²) in [5, 5.41) is 12.6. The first-order valence-electron chi connectivity index (χ1n) is 7.79. The number of hydrogen-bond acceptors (Lipinski definition) is 4. The summed E-state index contributed by atoms with van der Waals surface area (Å²) in [6.45, 7) is 6.47. The molecule has 1 aliphatic rings. The lowest BCUT2D eigenvalue weighted by Gasteiger charge is -2.25. The van der Waals surface area contributed by atoms with Gasteiger partial charge in [-0.3, -0.25) is 4.90 Å². The van der Waals surface area contributed by atoms with Crippen LogP contribution in [0, 0.1) is 11.3 Å². The first kappa shape index (κ1) is 15.8. The minimum atomic E-state index is 0.598. The van der Waals surface area contributed by atoms with Crippen molar-refractivity contribution in [2.75, 3.05) is 26.7 Å². The lowest BCUT2D eigenvalue weighted by molar-refractivity contribution is 0.241. The second-order valence-corrected chi connectivity index (χ2v) is 5.67. The summed E-state index contributed by atoms with van der Waals surface area (Å²) < 4.78 is 5.30. The minimum Gasteiger partial charge on any atom is -0.495 e. The Hall–Kier alpha value is -1.57. The van der Waals surface area contributed by atoms with Gasteiger partial charge in [-0.1, -0.05) is 13.0 Å². The van der Waals surface area contributed by atoms with Crippen molar-refractivity contribution in [1.29, 1.82) is 5.26 Å². The summed E-state index contributed by atoms with van der Waals surface area (Å²) in [4.78, 5) is 2.49. The molecule has 1 N–H and O–H groups in total. The van der Waals surface area contributed by atoms with Crippen molar-refractivity contribution >= 4 is 0 Å². The third kappa shape index (κ3) is 4.45. The zero-order valence-electron chi connectivity index (χ0n) is 13.1. The third-order valence-corrected chi connectivity index (χ3v) is 3.97. The zero-order valence-corrected chi connectivity index (χ0v) is 13.1. The number of methoxy groups -OCH3 is 1. The number of nitriles is 1. The predicted octanol–water partition coefficient (Wildman–Crippen LogP) is 2.53. The van der Waals surface area contributed by atoms with Crippen LogP contribution < -0.4 is 10.1 Å². The average molecular weight is 287 g/mol. The summed E-state index contributed by atoms with van der Waals surface area (Å²) in [6.07, 6.45) is 3.71. The molecule has 0 aliphatic carbocycles. The Labute approximate surface area is 127 Å². The molecule has 0 saturated carbocycles. The van der Waals surface area contributed by atoms with E-state index >= 15 is 0 Å².